The minimum absolute atomic E-state index is 0.286. The number of hydrogen-bond acceptors (Lipinski definition) is 8. The van der Waals surface area contributed by atoms with Crippen LogP contribution in [-0.2, 0) is 20.5 Å². The Morgan fingerprint density at radius 1 is 1.26 bits per heavy atom. The van der Waals surface area contributed by atoms with Crippen LogP contribution in [0.15, 0.2) is 55.3 Å². The van der Waals surface area contributed by atoms with Gasteiger partial charge >= 0.3 is 0 Å². The monoisotopic (exact) mass is 621 g/mol. The topological polar surface area (TPSA) is 106 Å². The zero-order valence-electron chi connectivity index (χ0n) is 24.9. The lowest BCUT2D eigenvalue weighted by Crippen LogP contribution is -2.36. The van der Waals surface area contributed by atoms with Crippen LogP contribution >= 0.6 is 18.7 Å². The number of rotatable bonds is 10. The first kappa shape index (κ1) is 32.2. The van der Waals surface area contributed by atoms with Gasteiger partial charge in [-0.05, 0) is 63.6 Å². The van der Waals surface area contributed by atoms with Gasteiger partial charge in [-0.3, -0.25) is 9.69 Å². The number of ether oxygens (including phenoxy) is 2. The van der Waals surface area contributed by atoms with Crippen molar-refractivity contribution in [3.05, 3.63) is 77.2 Å². The van der Waals surface area contributed by atoms with E-state index in [1.807, 2.05) is 30.3 Å². The molecule has 1 aromatic heterocycles. The number of anilines is 3. The van der Waals surface area contributed by atoms with Crippen molar-refractivity contribution in [2.75, 3.05) is 57.9 Å². The predicted octanol–water partition coefficient (Wildman–Crippen LogP) is 5.31. The van der Waals surface area contributed by atoms with Gasteiger partial charge in [0.05, 0.1) is 36.8 Å². The molecule has 2 heterocycles. The first-order valence-electron chi connectivity index (χ1n) is 13.9. The summed E-state index contributed by atoms with van der Waals surface area (Å²) < 4.78 is 24.0. The lowest BCUT2D eigenvalue weighted by atomic mass is 10.0. The third-order valence-electron chi connectivity index (χ3n) is 7.11. The molecule has 1 aliphatic rings. The lowest BCUT2D eigenvalue weighted by molar-refractivity contribution is -0.111. The molecule has 1 amide bonds. The molecule has 0 aliphatic carbocycles. The molecule has 0 atom stereocenters. The van der Waals surface area contributed by atoms with E-state index in [-0.39, 0.29) is 12.3 Å². The smallest absolute Gasteiger partial charge is 0.247 e. The highest BCUT2D eigenvalue weighted by Crippen LogP contribution is 2.38. The van der Waals surface area contributed by atoms with E-state index in [1.165, 1.54) is 12.3 Å². The number of carbonyl (C=O) groups excluding carboxylic acids is 1. The summed E-state index contributed by atoms with van der Waals surface area (Å²) in [5, 5.41) is 7.12. The second-order valence-electron chi connectivity index (χ2n) is 10.6. The van der Waals surface area contributed by atoms with Crippen LogP contribution in [0.25, 0.3) is 0 Å². The van der Waals surface area contributed by atoms with Crippen LogP contribution in [0.3, 0.4) is 0 Å². The van der Waals surface area contributed by atoms with E-state index in [9.17, 15) is 9.36 Å². The fourth-order valence-electron chi connectivity index (χ4n) is 4.78. The molecule has 2 aromatic carbocycles. The van der Waals surface area contributed by atoms with E-state index in [0.29, 0.717) is 57.2 Å². The summed E-state index contributed by atoms with van der Waals surface area (Å²) in [5.74, 6) is 7.53. The molecule has 0 saturated carbocycles. The van der Waals surface area contributed by atoms with Crippen LogP contribution in [0, 0.1) is 11.8 Å². The molecule has 0 unspecified atom stereocenters. The Bertz CT molecular complexity index is 1590. The van der Waals surface area contributed by atoms with Crippen molar-refractivity contribution >= 4 is 47.1 Å². The fourth-order valence-corrected chi connectivity index (χ4v) is 6.08. The third-order valence-corrected chi connectivity index (χ3v) is 8.94. The van der Waals surface area contributed by atoms with Gasteiger partial charge in [0.15, 0.2) is 5.82 Å². The summed E-state index contributed by atoms with van der Waals surface area (Å²) in [6, 6.07) is 11.4. The number of aromatic nitrogens is 2. The summed E-state index contributed by atoms with van der Waals surface area (Å²) in [5.41, 5.74) is 2.56. The molecule has 0 bridgehead atoms. The number of nitrogens with zero attached hydrogens (tertiary/aromatic N) is 3. The molecule has 0 radical (unpaired) electrons. The number of para-hydroxylation sites is 1. The highest BCUT2D eigenvalue weighted by molar-refractivity contribution is 7.70. The number of carbonyl (C=O) groups is 1. The number of hydrogen-bond donors (Lipinski definition) is 2. The van der Waals surface area contributed by atoms with Crippen LogP contribution in [0.1, 0.15) is 29.8 Å². The zero-order chi connectivity index (χ0) is 31.0. The minimum Gasteiger partial charge on any atom is -0.496 e. The van der Waals surface area contributed by atoms with E-state index in [0.717, 1.165) is 31.6 Å². The largest absolute Gasteiger partial charge is 0.496 e. The summed E-state index contributed by atoms with van der Waals surface area (Å²) in [7, 11) is 1.08. The SMILES string of the molecule is C=CC(=O)Nc1cc(Cc2ncc(Cl)c(Nc3ccccc3P(C)(C)=O)n2)c(OC)cc1C#CCN(C)C1CCOCC1. The zero-order valence-corrected chi connectivity index (χ0v) is 26.6. The summed E-state index contributed by atoms with van der Waals surface area (Å²) >= 11 is 6.45. The average molecular weight is 622 g/mol. The average Bonchev–Trinajstić information content (AvgIpc) is 2.99. The molecule has 0 spiro atoms. The van der Waals surface area contributed by atoms with Crippen molar-refractivity contribution in [1.82, 2.24) is 14.9 Å². The highest BCUT2D eigenvalue weighted by atomic mass is 35.5. The molecule has 11 heteroatoms. The molecule has 9 nitrogen and oxygen atoms in total. The fraction of sp³-hybridized carbons (Fsp3) is 0.344. The Balaban J connectivity index is 1.62. The maximum Gasteiger partial charge on any atom is 0.247 e. The van der Waals surface area contributed by atoms with Gasteiger partial charge < -0.3 is 24.7 Å². The lowest BCUT2D eigenvalue weighted by Gasteiger charge is -2.29. The van der Waals surface area contributed by atoms with Gasteiger partial charge in [-0.1, -0.05) is 42.2 Å². The Labute approximate surface area is 258 Å². The van der Waals surface area contributed by atoms with E-state index in [1.54, 1.807) is 26.5 Å². The predicted molar refractivity (Wildman–Crippen MR) is 174 cm³/mol. The van der Waals surface area contributed by atoms with E-state index in [2.05, 4.69) is 51.0 Å². The Kier molecular flexibility index (Phi) is 11.0. The van der Waals surface area contributed by atoms with E-state index < -0.39 is 7.14 Å². The van der Waals surface area contributed by atoms with Crippen LogP contribution in [0.4, 0.5) is 17.2 Å². The van der Waals surface area contributed by atoms with Gasteiger partial charge in [-0.2, -0.15) is 0 Å². The standard InChI is InChI=1S/C32H37ClN5O4P/c1-6-31(39)35-27-18-23(28(41-3)19-22(27)10-9-15-38(2)24-13-16-42-17-14-24)20-30-34-21-25(33)32(37-30)36-26-11-7-8-12-29(26)43(4,5)40/h6-8,11-12,18-19,21,24H,1,13-17,20H2,2-5H3,(H,35,39)(H,34,36,37). The summed E-state index contributed by atoms with van der Waals surface area (Å²) in [6.07, 6.45) is 4.98. The first-order valence-corrected chi connectivity index (χ1v) is 16.9. The number of halogens is 1. The van der Waals surface area contributed by atoms with Crippen molar-refractivity contribution in [1.29, 1.82) is 0 Å². The Morgan fingerprint density at radius 2 is 2.00 bits per heavy atom. The van der Waals surface area contributed by atoms with Gasteiger partial charge in [0.25, 0.3) is 0 Å². The molecule has 226 valence electrons. The molecule has 1 saturated heterocycles. The second-order valence-corrected chi connectivity index (χ2v) is 14.2. The van der Waals surface area contributed by atoms with Crippen LogP contribution in [-0.4, -0.2) is 74.1 Å². The quantitative estimate of drug-likeness (QED) is 0.178. The highest BCUT2D eigenvalue weighted by Gasteiger charge is 2.19. The van der Waals surface area contributed by atoms with Crippen molar-refractivity contribution < 1.29 is 18.8 Å². The number of amides is 1. The molecule has 3 aromatic rings. The molecule has 1 fully saturated rings. The molecule has 1 aliphatic heterocycles. The van der Waals surface area contributed by atoms with Gasteiger partial charge in [-0.25, -0.2) is 9.97 Å². The van der Waals surface area contributed by atoms with Crippen molar-refractivity contribution in [3.8, 4) is 17.6 Å². The summed E-state index contributed by atoms with van der Waals surface area (Å²) in [4.78, 5) is 23.6. The maximum atomic E-state index is 12.8. The maximum absolute atomic E-state index is 12.8. The first-order chi connectivity index (χ1) is 20.6. The summed E-state index contributed by atoms with van der Waals surface area (Å²) in [6.45, 7) is 9.11. The molecular formula is C32H37ClN5O4P. The third kappa shape index (κ3) is 8.68. The van der Waals surface area contributed by atoms with E-state index in [4.69, 9.17) is 21.1 Å². The van der Waals surface area contributed by atoms with Gasteiger partial charge in [0.1, 0.15) is 23.7 Å². The Morgan fingerprint density at radius 3 is 2.70 bits per heavy atom. The normalized spacial score (nSPS) is 13.6. The minimum atomic E-state index is -2.56. The number of methoxy groups -OCH3 is 1. The van der Waals surface area contributed by atoms with E-state index >= 15 is 0 Å². The van der Waals surface area contributed by atoms with Crippen molar-refractivity contribution in [2.24, 2.45) is 0 Å². The number of benzene rings is 2. The van der Waals surface area contributed by atoms with Crippen LogP contribution < -0.4 is 20.7 Å². The van der Waals surface area contributed by atoms with Gasteiger partial charge in [-0.15, -0.1) is 0 Å². The molecular weight excluding hydrogens is 585 g/mol. The van der Waals surface area contributed by atoms with Crippen LogP contribution in [0.2, 0.25) is 5.02 Å². The van der Waals surface area contributed by atoms with Crippen molar-refractivity contribution in [3.63, 3.8) is 0 Å². The van der Waals surface area contributed by atoms with Crippen LogP contribution in [0.5, 0.6) is 5.75 Å². The molecule has 2 N–H and O–H groups in total. The van der Waals surface area contributed by atoms with Gasteiger partial charge in [0.2, 0.25) is 5.91 Å². The number of nitrogens with one attached hydrogen (secondary N) is 2. The van der Waals surface area contributed by atoms with Gasteiger partial charge in [0, 0.05) is 36.5 Å². The molecule has 4 rings (SSSR count). The Hall–Kier alpha value is -3.67. The molecule has 43 heavy (non-hydrogen) atoms. The second kappa shape index (κ2) is 14.7. The van der Waals surface area contributed by atoms with Crippen molar-refractivity contribution in [2.45, 2.75) is 25.3 Å².